The lowest BCUT2D eigenvalue weighted by Crippen LogP contribution is -2.41. The fourth-order valence-electron chi connectivity index (χ4n) is 2.33. The van der Waals surface area contributed by atoms with E-state index >= 15 is 0 Å². The number of nitrogens with one attached hydrogen (secondary N) is 2. The summed E-state index contributed by atoms with van der Waals surface area (Å²) in [4.78, 5) is 12.4. The molecule has 9 heteroatoms. The van der Waals surface area contributed by atoms with E-state index in [1.807, 2.05) is 13.0 Å². The number of carbonyl (C=O) groups excluding carboxylic acids is 1. The summed E-state index contributed by atoms with van der Waals surface area (Å²) in [6.45, 7) is 3.31. The zero-order chi connectivity index (χ0) is 20.2. The number of carbonyl (C=O) groups is 1. The Morgan fingerprint density at radius 2 is 1.70 bits per heavy atom. The molecule has 0 aliphatic carbocycles. The van der Waals surface area contributed by atoms with Gasteiger partial charge in [0.05, 0.1) is 35.9 Å². The van der Waals surface area contributed by atoms with Crippen molar-refractivity contribution in [2.45, 2.75) is 24.8 Å². The summed E-state index contributed by atoms with van der Waals surface area (Å²) in [6.07, 6.45) is 0. The second-order valence-electron chi connectivity index (χ2n) is 5.83. The molecule has 0 bridgehead atoms. The molecule has 0 radical (unpaired) electrons. The maximum atomic E-state index is 12.5. The van der Waals surface area contributed by atoms with Crippen LogP contribution in [0.4, 0.5) is 5.69 Å². The molecule has 0 saturated heterocycles. The van der Waals surface area contributed by atoms with Gasteiger partial charge in [-0.25, -0.2) is 8.42 Å². The van der Waals surface area contributed by atoms with Crippen LogP contribution < -0.4 is 19.5 Å². The number of hydrogen-bond acceptors (Lipinski definition) is 5. The van der Waals surface area contributed by atoms with Crippen LogP contribution in [-0.2, 0) is 14.8 Å². The molecule has 0 aliphatic rings. The third-order valence-electron chi connectivity index (χ3n) is 3.77. The van der Waals surface area contributed by atoms with Crippen molar-refractivity contribution < 1.29 is 22.7 Å². The molecular weight excluding hydrogens is 392 g/mol. The number of halogens is 1. The van der Waals surface area contributed by atoms with Crippen LogP contribution >= 0.6 is 11.6 Å². The van der Waals surface area contributed by atoms with Gasteiger partial charge >= 0.3 is 0 Å². The van der Waals surface area contributed by atoms with Gasteiger partial charge in [-0.3, -0.25) is 4.79 Å². The van der Waals surface area contributed by atoms with Crippen molar-refractivity contribution in [3.8, 4) is 11.5 Å². The van der Waals surface area contributed by atoms with Gasteiger partial charge in [0.15, 0.2) is 0 Å². The van der Waals surface area contributed by atoms with Crippen LogP contribution in [0.25, 0.3) is 0 Å². The van der Waals surface area contributed by atoms with Crippen molar-refractivity contribution in [2.75, 3.05) is 19.5 Å². The van der Waals surface area contributed by atoms with Crippen LogP contribution in [0.1, 0.15) is 12.5 Å². The van der Waals surface area contributed by atoms with E-state index in [4.69, 9.17) is 21.1 Å². The van der Waals surface area contributed by atoms with Crippen molar-refractivity contribution >= 4 is 33.2 Å². The Morgan fingerprint density at radius 3 is 2.30 bits per heavy atom. The molecular formula is C18H21ClN2O5S. The number of amides is 1. The molecule has 2 aromatic carbocycles. The summed E-state index contributed by atoms with van der Waals surface area (Å²) in [5, 5.41) is 2.82. The van der Waals surface area contributed by atoms with Crippen LogP contribution in [0.5, 0.6) is 11.5 Å². The molecule has 2 rings (SSSR count). The first-order chi connectivity index (χ1) is 12.7. The van der Waals surface area contributed by atoms with E-state index in [2.05, 4.69) is 10.0 Å². The molecule has 0 aromatic heterocycles. The number of rotatable bonds is 7. The highest BCUT2D eigenvalue weighted by molar-refractivity contribution is 7.89. The fraction of sp³-hybridized carbons (Fsp3) is 0.278. The smallest absolute Gasteiger partial charge is 0.242 e. The third-order valence-corrected chi connectivity index (χ3v) is 5.61. The van der Waals surface area contributed by atoms with E-state index in [1.165, 1.54) is 39.3 Å². The fourth-order valence-corrected chi connectivity index (χ4v) is 3.88. The second kappa shape index (κ2) is 8.60. The van der Waals surface area contributed by atoms with E-state index in [0.717, 1.165) is 5.56 Å². The number of benzene rings is 2. The summed E-state index contributed by atoms with van der Waals surface area (Å²) in [6, 6.07) is 8.33. The second-order valence-corrected chi connectivity index (χ2v) is 7.95. The molecule has 2 aromatic rings. The molecule has 0 saturated carbocycles. The molecule has 0 heterocycles. The monoisotopic (exact) mass is 412 g/mol. The number of anilines is 1. The van der Waals surface area contributed by atoms with Gasteiger partial charge in [0.1, 0.15) is 11.5 Å². The lowest BCUT2D eigenvalue weighted by atomic mass is 10.2. The normalized spacial score (nSPS) is 12.3. The molecule has 0 spiro atoms. The molecule has 1 atom stereocenters. The van der Waals surface area contributed by atoms with Crippen molar-refractivity contribution in [3.63, 3.8) is 0 Å². The standard InChI is InChI=1S/C18H21ClN2O5S/c1-11-5-7-17(26-4)15(9-11)20-18(22)12(2)21-27(23,24)13-6-8-16(25-3)14(19)10-13/h5-10,12,21H,1-4H3,(H,20,22)/t12-/m0/s1. The van der Waals surface area contributed by atoms with Gasteiger partial charge in [-0.05, 0) is 49.7 Å². The first-order valence-corrected chi connectivity index (χ1v) is 9.85. The molecule has 1 amide bonds. The molecule has 146 valence electrons. The molecule has 0 unspecified atom stereocenters. The third kappa shape index (κ3) is 5.12. The van der Waals surface area contributed by atoms with Crippen LogP contribution in [0.3, 0.4) is 0 Å². The maximum Gasteiger partial charge on any atom is 0.242 e. The predicted molar refractivity (Wildman–Crippen MR) is 104 cm³/mol. The minimum Gasteiger partial charge on any atom is -0.495 e. The Labute approximate surface area is 163 Å². The average molecular weight is 413 g/mol. The van der Waals surface area contributed by atoms with E-state index in [1.54, 1.807) is 12.1 Å². The molecule has 2 N–H and O–H groups in total. The molecule has 0 aliphatic heterocycles. The van der Waals surface area contributed by atoms with Crippen molar-refractivity contribution in [2.24, 2.45) is 0 Å². The number of sulfonamides is 1. The summed E-state index contributed by atoms with van der Waals surface area (Å²) in [7, 11) is -1.03. The number of methoxy groups -OCH3 is 2. The zero-order valence-corrected chi connectivity index (χ0v) is 16.9. The van der Waals surface area contributed by atoms with Gasteiger partial charge < -0.3 is 14.8 Å². The predicted octanol–water partition coefficient (Wildman–Crippen LogP) is 2.97. The Kier molecular flexibility index (Phi) is 6.69. The van der Waals surface area contributed by atoms with Gasteiger partial charge in [0.2, 0.25) is 15.9 Å². The van der Waals surface area contributed by atoms with Crippen molar-refractivity contribution in [3.05, 3.63) is 47.0 Å². The topological polar surface area (TPSA) is 93.7 Å². The Balaban J connectivity index is 2.16. The van der Waals surface area contributed by atoms with Crippen LogP contribution in [0.15, 0.2) is 41.3 Å². The summed E-state index contributed by atoms with van der Waals surface area (Å²) in [5.74, 6) is 0.306. The first-order valence-electron chi connectivity index (χ1n) is 7.99. The zero-order valence-electron chi connectivity index (χ0n) is 15.4. The molecule has 7 nitrogen and oxygen atoms in total. The number of aryl methyl sites for hydroxylation is 1. The maximum absolute atomic E-state index is 12.5. The van der Waals surface area contributed by atoms with Gasteiger partial charge in [0, 0.05) is 0 Å². The SMILES string of the molecule is COc1ccc(S(=O)(=O)N[C@@H](C)C(=O)Nc2cc(C)ccc2OC)cc1Cl. The Hall–Kier alpha value is -2.29. The minimum absolute atomic E-state index is 0.0684. The van der Waals surface area contributed by atoms with Crippen molar-refractivity contribution in [1.29, 1.82) is 0 Å². The summed E-state index contributed by atoms with van der Waals surface area (Å²) >= 11 is 5.98. The lowest BCUT2D eigenvalue weighted by Gasteiger charge is -2.16. The van der Waals surface area contributed by atoms with E-state index in [0.29, 0.717) is 17.2 Å². The largest absolute Gasteiger partial charge is 0.495 e. The highest BCUT2D eigenvalue weighted by Crippen LogP contribution is 2.27. The quantitative estimate of drug-likeness (QED) is 0.729. The highest BCUT2D eigenvalue weighted by Gasteiger charge is 2.23. The molecule has 0 fully saturated rings. The van der Waals surface area contributed by atoms with Gasteiger partial charge in [-0.15, -0.1) is 0 Å². The lowest BCUT2D eigenvalue weighted by molar-refractivity contribution is -0.117. The van der Waals surface area contributed by atoms with E-state index in [9.17, 15) is 13.2 Å². The van der Waals surface area contributed by atoms with Crippen LogP contribution in [-0.4, -0.2) is 34.6 Å². The van der Waals surface area contributed by atoms with Crippen LogP contribution in [0, 0.1) is 6.92 Å². The number of hydrogen-bond donors (Lipinski definition) is 2. The van der Waals surface area contributed by atoms with Crippen molar-refractivity contribution in [1.82, 2.24) is 4.72 Å². The average Bonchev–Trinajstić information content (AvgIpc) is 2.61. The van der Waals surface area contributed by atoms with Gasteiger partial charge in [-0.1, -0.05) is 17.7 Å². The summed E-state index contributed by atoms with van der Waals surface area (Å²) in [5.41, 5.74) is 1.38. The van der Waals surface area contributed by atoms with E-state index < -0.39 is 22.0 Å². The Bertz CT molecular complexity index is 947. The van der Waals surface area contributed by atoms with E-state index in [-0.39, 0.29) is 9.92 Å². The first kappa shape index (κ1) is 21.0. The number of ether oxygens (including phenoxy) is 2. The van der Waals surface area contributed by atoms with Crippen LogP contribution in [0.2, 0.25) is 5.02 Å². The van der Waals surface area contributed by atoms with Gasteiger partial charge in [0.25, 0.3) is 0 Å². The minimum atomic E-state index is -3.95. The summed E-state index contributed by atoms with van der Waals surface area (Å²) < 4.78 is 37.6. The van der Waals surface area contributed by atoms with Gasteiger partial charge in [-0.2, -0.15) is 4.72 Å². The highest BCUT2D eigenvalue weighted by atomic mass is 35.5. The molecule has 27 heavy (non-hydrogen) atoms. The Morgan fingerprint density at radius 1 is 1.07 bits per heavy atom.